The lowest BCUT2D eigenvalue weighted by Crippen LogP contribution is -2.45. The molecule has 144 valence electrons. The molecule has 0 aliphatic carbocycles. The third-order valence-corrected chi connectivity index (χ3v) is 4.21. The fourth-order valence-corrected chi connectivity index (χ4v) is 2.86. The molecule has 0 atom stereocenters. The number of phenolic OH excluding ortho intramolecular Hbond substituents is 1. The van der Waals surface area contributed by atoms with Crippen molar-refractivity contribution in [1.29, 1.82) is 0 Å². The molecule has 3 N–H and O–H groups in total. The zero-order valence-electron chi connectivity index (χ0n) is 15.0. The lowest BCUT2D eigenvalue weighted by atomic mass is 10.1. The van der Waals surface area contributed by atoms with Crippen LogP contribution in [0.1, 0.15) is 11.1 Å². The number of carbonyl (C=O) groups is 2. The fourth-order valence-electron chi connectivity index (χ4n) is 2.86. The van der Waals surface area contributed by atoms with E-state index in [0.29, 0.717) is 5.75 Å². The number of carboxylic acids is 2. The van der Waals surface area contributed by atoms with E-state index < -0.39 is 11.9 Å². The largest absolute Gasteiger partial charge is 0.508 e. The molecule has 7 nitrogen and oxygen atoms in total. The molecule has 2 aromatic rings. The molecule has 1 aliphatic heterocycles. The van der Waals surface area contributed by atoms with Crippen LogP contribution in [0.5, 0.6) is 5.75 Å². The minimum atomic E-state index is -1.82. The number of piperazine rings is 1. The number of benzene rings is 2. The van der Waals surface area contributed by atoms with E-state index in [2.05, 4.69) is 46.2 Å². The highest BCUT2D eigenvalue weighted by Crippen LogP contribution is 2.15. The van der Waals surface area contributed by atoms with Crippen LogP contribution in [0.2, 0.25) is 0 Å². The number of nitrogens with zero attached hydrogens (tertiary/aromatic N) is 2. The van der Waals surface area contributed by atoms with Crippen LogP contribution >= 0.6 is 0 Å². The van der Waals surface area contributed by atoms with Crippen LogP contribution in [0.3, 0.4) is 0 Å². The number of hydrogen-bond donors (Lipinski definition) is 3. The molecule has 0 amide bonds. The molecule has 27 heavy (non-hydrogen) atoms. The van der Waals surface area contributed by atoms with E-state index in [4.69, 9.17) is 19.8 Å². The van der Waals surface area contributed by atoms with Gasteiger partial charge in [-0.1, -0.05) is 42.5 Å². The normalized spacial score (nSPS) is 14.8. The minimum Gasteiger partial charge on any atom is -0.508 e. The first-order valence-electron chi connectivity index (χ1n) is 8.67. The Kier molecular flexibility index (Phi) is 7.79. The number of aliphatic carboxylic acids is 2. The maximum Gasteiger partial charge on any atom is 0.414 e. The Balaban J connectivity index is 0.000000380. The highest BCUT2D eigenvalue weighted by atomic mass is 16.4. The first-order valence-corrected chi connectivity index (χ1v) is 8.67. The number of phenols is 1. The van der Waals surface area contributed by atoms with E-state index >= 15 is 0 Å². The third kappa shape index (κ3) is 7.47. The van der Waals surface area contributed by atoms with Gasteiger partial charge >= 0.3 is 11.9 Å². The average Bonchev–Trinajstić information content (AvgIpc) is 2.65. The van der Waals surface area contributed by atoms with Crippen LogP contribution < -0.4 is 0 Å². The van der Waals surface area contributed by atoms with E-state index in [0.717, 1.165) is 39.3 Å². The van der Waals surface area contributed by atoms with Crippen LogP contribution in [-0.2, 0) is 22.7 Å². The Labute approximate surface area is 158 Å². The summed E-state index contributed by atoms with van der Waals surface area (Å²) < 4.78 is 0. The van der Waals surface area contributed by atoms with Crippen molar-refractivity contribution in [3.8, 4) is 5.75 Å². The Morgan fingerprint density at radius 1 is 0.741 bits per heavy atom. The van der Waals surface area contributed by atoms with Gasteiger partial charge in [-0.3, -0.25) is 9.80 Å². The van der Waals surface area contributed by atoms with Crippen molar-refractivity contribution >= 4 is 11.9 Å². The lowest BCUT2D eigenvalue weighted by Gasteiger charge is -2.34. The van der Waals surface area contributed by atoms with Crippen LogP contribution in [0.4, 0.5) is 0 Å². The van der Waals surface area contributed by atoms with Gasteiger partial charge in [-0.05, 0) is 23.3 Å². The maximum absolute atomic E-state index is 9.52. The Bertz CT molecular complexity index is 731. The summed E-state index contributed by atoms with van der Waals surface area (Å²) in [4.78, 5) is 23.2. The second kappa shape index (κ2) is 10.3. The van der Waals surface area contributed by atoms with Gasteiger partial charge in [0.25, 0.3) is 0 Å². The Morgan fingerprint density at radius 2 is 1.22 bits per heavy atom. The topological polar surface area (TPSA) is 101 Å². The molecule has 0 unspecified atom stereocenters. The predicted octanol–water partition coefficient (Wildman–Crippen LogP) is 1.87. The second-order valence-electron chi connectivity index (χ2n) is 6.32. The van der Waals surface area contributed by atoms with Gasteiger partial charge in [0, 0.05) is 39.3 Å². The SMILES string of the molecule is O=C(O)C(=O)O.Oc1cccc(CN2CCN(Cc3ccccc3)CC2)c1. The summed E-state index contributed by atoms with van der Waals surface area (Å²) in [6, 6.07) is 18.2. The molecular formula is C20H24N2O5. The maximum atomic E-state index is 9.52. The van der Waals surface area contributed by atoms with Gasteiger partial charge in [0.1, 0.15) is 5.75 Å². The van der Waals surface area contributed by atoms with Crippen molar-refractivity contribution in [2.24, 2.45) is 0 Å². The Morgan fingerprint density at radius 3 is 1.70 bits per heavy atom. The van der Waals surface area contributed by atoms with E-state index in [1.54, 1.807) is 6.07 Å². The van der Waals surface area contributed by atoms with Crippen molar-refractivity contribution in [2.75, 3.05) is 26.2 Å². The van der Waals surface area contributed by atoms with E-state index in [9.17, 15) is 5.11 Å². The van der Waals surface area contributed by atoms with Gasteiger partial charge in [0.15, 0.2) is 0 Å². The summed E-state index contributed by atoms with van der Waals surface area (Å²) in [6.45, 7) is 6.35. The molecule has 2 aromatic carbocycles. The molecule has 0 bridgehead atoms. The number of carboxylic acid groups (broad SMARTS) is 2. The molecule has 1 heterocycles. The molecule has 0 radical (unpaired) electrons. The predicted molar refractivity (Wildman–Crippen MR) is 100 cm³/mol. The first-order chi connectivity index (χ1) is 12.9. The molecule has 0 spiro atoms. The highest BCUT2D eigenvalue weighted by molar-refractivity contribution is 6.27. The Hall–Kier alpha value is -2.90. The number of aromatic hydroxyl groups is 1. The minimum absolute atomic E-state index is 0.357. The molecular weight excluding hydrogens is 348 g/mol. The zero-order valence-corrected chi connectivity index (χ0v) is 15.0. The van der Waals surface area contributed by atoms with Gasteiger partial charge in [-0.15, -0.1) is 0 Å². The first kappa shape index (κ1) is 20.4. The van der Waals surface area contributed by atoms with Crippen molar-refractivity contribution in [1.82, 2.24) is 9.80 Å². The van der Waals surface area contributed by atoms with Crippen molar-refractivity contribution < 1.29 is 24.9 Å². The molecule has 0 aromatic heterocycles. The molecule has 1 aliphatic rings. The van der Waals surface area contributed by atoms with Gasteiger partial charge in [-0.25, -0.2) is 9.59 Å². The summed E-state index contributed by atoms with van der Waals surface area (Å²) in [6.07, 6.45) is 0. The third-order valence-electron chi connectivity index (χ3n) is 4.21. The van der Waals surface area contributed by atoms with E-state index in [1.807, 2.05) is 12.1 Å². The summed E-state index contributed by atoms with van der Waals surface area (Å²) in [5.41, 5.74) is 2.57. The fraction of sp³-hybridized carbons (Fsp3) is 0.300. The molecule has 1 fully saturated rings. The number of hydrogen-bond acceptors (Lipinski definition) is 5. The summed E-state index contributed by atoms with van der Waals surface area (Å²) in [5.74, 6) is -3.29. The van der Waals surface area contributed by atoms with Crippen LogP contribution in [0.25, 0.3) is 0 Å². The van der Waals surface area contributed by atoms with Crippen molar-refractivity contribution in [3.63, 3.8) is 0 Å². The van der Waals surface area contributed by atoms with Crippen LogP contribution in [0, 0.1) is 0 Å². The van der Waals surface area contributed by atoms with Gasteiger partial charge < -0.3 is 15.3 Å². The zero-order chi connectivity index (χ0) is 19.6. The second-order valence-corrected chi connectivity index (χ2v) is 6.32. The summed E-state index contributed by atoms with van der Waals surface area (Å²) in [5, 5.41) is 24.3. The molecule has 7 heteroatoms. The smallest absolute Gasteiger partial charge is 0.414 e. The molecule has 3 rings (SSSR count). The van der Waals surface area contributed by atoms with Crippen molar-refractivity contribution in [2.45, 2.75) is 13.1 Å². The molecule has 0 saturated carbocycles. The highest BCUT2D eigenvalue weighted by Gasteiger charge is 2.17. The number of rotatable bonds is 4. The lowest BCUT2D eigenvalue weighted by molar-refractivity contribution is -0.159. The quantitative estimate of drug-likeness (QED) is 0.704. The average molecular weight is 372 g/mol. The van der Waals surface area contributed by atoms with Crippen LogP contribution in [0.15, 0.2) is 54.6 Å². The van der Waals surface area contributed by atoms with Gasteiger partial charge in [0.2, 0.25) is 0 Å². The summed E-state index contributed by atoms with van der Waals surface area (Å²) >= 11 is 0. The summed E-state index contributed by atoms with van der Waals surface area (Å²) in [7, 11) is 0. The van der Waals surface area contributed by atoms with Gasteiger partial charge in [0.05, 0.1) is 0 Å². The monoisotopic (exact) mass is 372 g/mol. The van der Waals surface area contributed by atoms with Crippen molar-refractivity contribution in [3.05, 3.63) is 65.7 Å². The van der Waals surface area contributed by atoms with Gasteiger partial charge in [-0.2, -0.15) is 0 Å². The molecule has 1 saturated heterocycles. The standard InChI is InChI=1S/C18H22N2O.C2H2O4/c21-18-8-4-7-17(13-18)15-20-11-9-19(10-12-20)14-16-5-2-1-3-6-16;3-1(4)2(5)6/h1-8,13,21H,9-12,14-15H2;(H,3,4)(H,5,6). The van der Waals surface area contributed by atoms with E-state index in [-0.39, 0.29) is 0 Å². The van der Waals surface area contributed by atoms with Crippen LogP contribution in [-0.4, -0.2) is 63.2 Å². The van der Waals surface area contributed by atoms with E-state index in [1.165, 1.54) is 11.1 Å².